The normalized spacial score (nSPS) is 13.5. The summed E-state index contributed by atoms with van der Waals surface area (Å²) < 4.78 is 0. The van der Waals surface area contributed by atoms with Crippen molar-refractivity contribution in [2.24, 2.45) is 0 Å². The van der Waals surface area contributed by atoms with Crippen molar-refractivity contribution in [1.82, 2.24) is 10.2 Å². The first kappa shape index (κ1) is 6.78. The number of nitrogens with zero attached hydrogens (tertiary/aromatic N) is 2. The minimum absolute atomic E-state index is 0.999. The molecule has 62 valence electrons. The van der Waals surface area contributed by atoms with Crippen LogP contribution in [0.3, 0.4) is 0 Å². The molecule has 13 heavy (non-hydrogen) atoms. The first-order valence-corrected chi connectivity index (χ1v) is 4.35. The fraction of sp³-hybridized carbons (Fsp3) is 0.0909. The van der Waals surface area contributed by atoms with Gasteiger partial charge in [-0.2, -0.15) is 10.2 Å². The van der Waals surface area contributed by atoms with E-state index in [0.717, 1.165) is 12.1 Å². The average Bonchev–Trinajstić information content (AvgIpc) is 2.19. The summed E-state index contributed by atoms with van der Waals surface area (Å²) in [7, 11) is 0. The molecule has 0 fully saturated rings. The van der Waals surface area contributed by atoms with Crippen LogP contribution in [0.15, 0.2) is 30.5 Å². The van der Waals surface area contributed by atoms with E-state index < -0.39 is 0 Å². The highest BCUT2D eigenvalue weighted by molar-refractivity contribution is 5.92. The van der Waals surface area contributed by atoms with Crippen molar-refractivity contribution in [1.29, 1.82) is 0 Å². The Labute approximate surface area is 75.9 Å². The van der Waals surface area contributed by atoms with Gasteiger partial charge in [-0.3, -0.25) is 0 Å². The van der Waals surface area contributed by atoms with E-state index in [9.17, 15) is 0 Å². The van der Waals surface area contributed by atoms with Crippen LogP contribution in [0.5, 0.6) is 0 Å². The summed E-state index contributed by atoms with van der Waals surface area (Å²) in [5.74, 6) is 0. The van der Waals surface area contributed by atoms with Crippen molar-refractivity contribution < 1.29 is 0 Å². The molecular weight excluding hydrogens is 160 g/mol. The molecule has 0 saturated heterocycles. The molecule has 0 bridgehead atoms. The molecule has 0 amide bonds. The topological polar surface area (TPSA) is 25.8 Å². The highest BCUT2D eigenvalue weighted by atomic mass is 15.1. The van der Waals surface area contributed by atoms with Gasteiger partial charge in [0.1, 0.15) is 0 Å². The Bertz CT molecular complexity index is 495. The van der Waals surface area contributed by atoms with Gasteiger partial charge in [0.2, 0.25) is 0 Å². The van der Waals surface area contributed by atoms with Crippen molar-refractivity contribution in [3.05, 3.63) is 41.7 Å². The Morgan fingerprint density at radius 3 is 3.23 bits per heavy atom. The summed E-state index contributed by atoms with van der Waals surface area (Å²) in [6.45, 7) is 0. The van der Waals surface area contributed by atoms with Crippen molar-refractivity contribution in [3.8, 4) is 0 Å². The molecule has 1 aromatic carbocycles. The molecule has 1 aromatic heterocycles. The third kappa shape index (κ3) is 0.886. The molecule has 2 heteroatoms. The van der Waals surface area contributed by atoms with Gasteiger partial charge in [-0.25, -0.2) is 0 Å². The largest absolute Gasteiger partial charge is 0.158 e. The monoisotopic (exact) mass is 168 g/mol. The molecular formula is C11H8N2. The summed E-state index contributed by atoms with van der Waals surface area (Å²) in [5, 5.41) is 10.5. The highest BCUT2D eigenvalue weighted by Gasteiger charge is 2.08. The molecule has 0 N–H and O–H groups in total. The van der Waals surface area contributed by atoms with Gasteiger partial charge in [-0.15, -0.1) is 0 Å². The van der Waals surface area contributed by atoms with Crippen LogP contribution >= 0.6 is 0 Å². The van der Waals surface area contributed by atoms with Gasteiger partial charge in [-0.05, 0) is 18.1 Å². The number of rotatable bonds is 0. The molecule has 1 heterocycles. The number of benzene rings is 1. The van der Waals surface area contributed by atoms with Gasteiger partial charge < -0.3 is 0 Å². The Morgan fingerprint density at radius 2 is 2.23 bits per heavy atom. The van der Waals surface area contributed by atoms with Gasteiger partial charge in [0, 0.05) is 10.8 Å². The first-order valence-electron chi connectivity index (χ1n) is 4.35. The molecule has 2 nitrogen and oxygen atoms in total. The maximum atomic E-state index is 4.10. The van der Waals surface area contributed by atoms with E-state index in [-0.39, 0.29) is 0 Å². The maximum absolute atomic E-state index is 4.10. The molecule has 1 aliphatic rings. The molecule has 2 aromatic rings. The van der Waals surface area contributed by atoms with E-state index in [1.54, 1.807) is 0 Å². The first-order chi connectivity index (χ1) is 6.45. The highest BCUT2D eigenvalue weighted by Crippen LogP contribution is 2.25. The van der Waals surface area contributed by atoms with Crippen LogP contribution in [-0.4, -0.2) is 10.2 Å². The lowest BCUT2D eigenvalue weighted by Crippen LogP contribution is -1.96. The van der Waals surface area contributed by atoms with E-state index in [4.69, 9.17) is 0 Å². The maximum Gasteiger partial charge on any atom is 0.0935 e. The third-order valence-corrected chi connectivity index (χ3v) is 2.41. The third-order valence-electron chi connectivity index (χ3n) is 2.41. The molecule has 0 aliphatic heterocycles. The average molecular weight is 168 g/mol. The summed E-state index contributed by atoms with van der Waals surface area (Å²) in [4.78, 5) is 0. The predicted octanol–water partition coefficient (Wildman–Crippen LogP) is 2.20. The lowest BCUT2D eigenvalue weighted by Gasteiger charge is -2.09. The molecule has 0 spiro atoms. The molecule has 1 aliphatic carbocycles. The van der Waals surface area contributed by atoms with Crippen molar-refractivity contribution >= 4 is 16.8 Å². The molecule has 0 atom stereocenters. The van der Waals surface area contributed by atoms with E-state index in [1.165, 1.54) is 16.3 Å². The summed E-state index contributed by atoms with van der Waals surface area (Å²) in [6, 6.07) is 6.30. The minimum atomic E-state index is 0.999. The molecule has 3 rings (SSSR count). The smallest absolute Gasteiger partial charge is 0.0935 e. The zero-order chi connectivity index (χ0) is 8.67. The molecule has 0 radical (unpaired) electrons. The second-order valence-corrected chi connectivity index (χ2v) is 3.22. The van der Waals surface area contributed by atoms with Crippen LogP contribution in [0, 0.1) is 0 Å². The van der Waals surface area contributed by atoms with Crippen LogP contribution in [0.1, 0.15) is 11.3 Å². The summed E-state index contributed by atoms with van der Waals surface area (Å²) in [5.41, 5.74) is 2.35. The Kier molecular flexibility index (Phi) is 1.25. The summed E-state index contributed by atoms with van der Waals surface area (Å²) in [6.07, 6.45) is 7.01. The zero-order valence-corrected chi connectivity index (χ0v) is 7.07. The fourth-order valence-electron chi connectivity index (χ4n) is 1.83. The van der Waals surface area contributed by atoms with Gasteiger partial charge in [-0.1, -0.05) is 24.3 Å². The number of aromatic nitrogens is 2. The standard InChI is InChI=1S/C11H8N2/c1-3-8-4-2-6-10-11(8)9(5-1)7-12-13-10/h1-3,5-7H,4H2. The minimum Gasteiger partial charge on any atom is -0.158 e. The summed E-state index contributed by atoms with van der Waals surface area (Å²) >= 11 is 0. The Hall–Kier alpha value is -1.70. The Balaban J connectivity index is 2.56. The fourth-order valence-corrected chi connectivity index (χ4v) is 1.83. The van der Waals surface area contributed by atoms with Crippen LogP contribution in [-0.2, 0) is 6.42 Å². The van der Waals surface area contributed by atoms with Crippen LogP contribution < -0.4 is 0 Å². The van der Waals surface area contributed by atoms with Crippen LogP contribution in [0.4, 0.5) is 0 Å². The van der Waals surface area contributed by atoms with Gasteiger partial charge in [0.25, 0.3) is 0 Å². The SMILES string of the molecule is C1=Cc2nncc3cccc(c23)C1. The van der Waals surface area contributed by atoms with Crippen molar-refractivity contribution in [3.63, 3.8) is 0 Å². The van der Waals surface area contributed by atoms with Gasteiger partial charge in [0.15, 0.2) is 0 Å². The number of hydrogen-bond donors (Lipinski definition) is 0. The quantitative estimate of drug-likeness (QED) is 0.602. The van der Waals surface area contributed by atoms with Crippen molar-refractivity contribution in [2.45, 2.75) is 6.42 Å². The van der Waals surface area contributed by atoms with Gasteiger partial charge in [0.05, 0.1) is 11.9 Å². The molecule has 0 saturated carbocycles. The Morgan fingerprint density at radius 1 is 1.23 bits per heavy atom. The van der Waals surface area contributed by atoms with E-state index in [1.807, 2.05) is 12.3 Å². The zero-order valence-electron chi connectivity index (χ0n) is 7.07. The lowest BCUT2D eigenvalue weighted by atomic mass is 9.98. The van der Waals surface area contributed by atoms with E-state index in [0.29, 0.717) is 0 Å². The van der Waals surface area contributed by atoms with E-state index in [2.05, 4.69) is 34.5 Å². The van der Waals surface area contributed by atoms with E-state index >= 15 is 0 Å². The van der Waals surface area contributed by atoms with Gasteiger partial charge >= 0.3 is 0 Å². The lowest BCUT2D eigenvalue weighted by molar-refractivity contribution is 1.03. The van der Waals surface area contributed by atoms with Crippen molar-refractivity contribution in [2.75, 3.05) is 0 Å². The second kappa shape index (κ2) is 2.39. The predicted molar refractivity (Wildman–Crippen MR) is 52.3 cm³/mol. The van der Waals surface area contributed by atoms with Crippen LogP contribution in [0.2, 0.25) is 0 Å². The van der Waals surface area contributed by atoms with Crippen LogP contribution in [0.25, 0.3) is 16.8 Å². The number of hydrogen-bond acceptors (Lipinski definition) is 2. The number of allylic oxidation sites excluding steroid dienone is 1. The second-order valence-electron chi connectivity index (χ2n) is 3.22. The molecule has 0 unspecified atom stereocenters.